The summed E-state index contributed by atoms with van der Waals surface area (Å²) >= 11 is 0. The molecule has 2 aromatic heterocycles. The molecule has 4 nitrogen and oxygen atoms in total. The molecule has 0 saturated carbocycles. The van der Waals surface area contributed by atoms with Gasteiger partial charge in [-0.15, -0.1) is 0 Å². The second-order valence-electron chi connectivity index (χ2n) is 11.6. The van der Waals surface area contributed by atoms with Crippen molar-refractivity contribution in [3.05, 3.63) is 164 Å². The number of aromatic nitrogens is 3. The molecule has 7 aromatic carbocycles. The molecule has 0 bridgehead atoms. The summed E-state index contributed by atoms with van der Waals surface area (Å²) in [6, 6.07) is 56.3. The molecule has 4 heteroatoms. The molecular formula is C43H27N3O. The van der Waals surface area contributed by atoms with Gasteiger partial charge < -0.3 is 4.42 Å². The predicted octanol–water partition coefficient (Wildman–Crippen LogP) is 11.3. The lowest BCUT2D eigenvalue weighted by molar-refractivity contribution is 0.670. The van der Waals surface area contributed by atoms with Crippen LogP contribution >= 0.6 is 0 Å². The lowest BCUT2D eigenvalue weighted by Crippen LogP contribution is -2.00. The zero-order chi connectivity index (χ0) is 31.2. The van der Waals surface area contributed by atoms with Crippen LogP contribution in [0.1, 0.15) is 0 Å². The van der Waals surface area contributed by atoms with E-state index >= 15 is 0 Å². The first-order valence-electron chi connectivity index (χ1n) is 15.7. The van der Waals surface area contributed by atoms with Gasteiger partial charge in [-0.2, -0.15) is 0 Å². The zero-order valence-electron chi connectivity index (χ0n) is 25.3. The second kappa shape index (κ2) is 11.2. The van der Waals surface area contributed by atoms with Gasteiger partial charge in [0.2, 0.25) is 0 Å². The first-order chi connectivity index (χ1) is 23.3. The van der Waals surface area contributed by atoms with Crippen LogP contribution in [0.3, 0.4) is 0 Å². The van der Waals surface area contributed by atoms with Gasteiger partial charge in [0.15, 0.2) is 17.5 Å². The van der Waals surface area contributed by atoms with E-state index < -0.39 is 0 Å². The average molecular weight is 602 g/mol. The molecule has 0 radical (unpaired) electrons. The van der Waals surface area contributed by atoms with Crippen molar-refractivity contribution in [2.45, 2.75) is 0 Å². The fourth-order valence-electron chi connectivity index (χ4n) is 6.40. The third-order valence-corrected chi connectivity index (χ3v) is 8.74. The van der Waals surface area contributed by atoms with Crippen LogP contribution in [-0.2, 0) is 0 Å². The summed E-state index contributed by atoms with van der Waals surface area (Å²) in [6.45, 7) is 0. The molecule has 0 amide bonds. The summed E-state index contributed by atoms with van der Waals surface area (Å²) in [5, 5.41) is 4.32. The van der Waals surface area contributed by atoms with E-state index in [2.05, 4.69) is 140 Å². The highest BCUT2D eigenvalue weighted by molar-refractivity contribution is 6.15. The number of furan rings is 1. The molecule has 0 aliphatic heterocycles. The fraction of sp³-hybridized carbons (Fsp3) is 0. The number of nitrogens with zero attached hydrogens (tertiary/aromatic N) is 3. The van der Waals surface area contributed by atoms with E-state index in [0.29, 0.717) is 17.5 Å². The van der Waals surface area contributed by atoms with Crippen molar-refractivity contribution in [1.82, 2.24) is 15.0 Å². The van der Waals surface area contributed by atoms with Crippen LogP contribution in [0.4, 0.5) is 0 Å². The summed E-state index contributed by atoms with van der Waals surface area (Å²) in [5.41, 5.74) is 8.87. The molecular weight excluding hydrogens is 574 g/mol. The fourth-order valence-corrected chi connectivity index (χ4v) is 6.40. The number of fused-ring (bicyclic) bond motifs is 4. The maximum Gasteiger partial charge on any atom is 0.164 e. The van der Waals surface area contributed by atoms with Crippen LogP contribution < -0.4 is 0 Å². The Labute approximate surface area is 271 Å². The SMILES string of the molecule is c1ccc(-c2ccc(-c3nc(-c4ccc5ccccc5c4)nc(-c4cccc5oc6c(-c7ccccc7)cccc6c45)n3)cc2)cc1. The minimum absolute atomic E-state index is 0.601. The molecule has 0 aliphatic carbocycles. The minimum atomic E-state index is 0.601. The maximum absolute atomic E-state index is 6.56. The third kappa shape index (κ3) is 4.84. The summed E-state index contributed by atoms with van der Waals surface area (Å²) in [5.74, 6) is 1.84. The Hall–Kier alpha value is -6.39. The van der Waals surface area contributed by atoms with E-state index in [-0.39, 0.29) is 0 Å². The third-order valence-electron chi connectivity index (χ3n) is 8.74. The number of para-hydroxylation sites is 1. The van der Waals surface area contributed by atoms with Crippen molar-refractivity contribution < 1.29 is 4.42 Å². The van der Waals surface area contributed by atoms with E-state index in [1.54, 1.807) is 0 Å². The Morgan fingerprint density at radius 2 is 0.936 bits per heavy atom. The van der Waals surface area contributed by atoms with Gasteiger partial charge in [-0.05, 0) is 39.6 Å². The summed E-state index contributed by atoms with van der Waals surface area (Å²) < 4.78 is 6.56. The summed E-state index contributed by atoms with van der Waals surface area (Å²) in [4.78, 5) is 15.3. The molecule has 0 spiro atoms. The van der Waals surface area contributed by atoms with Crippen LogP contribution in [-0.4, -0.2) is 15.0 Å². The lowest BCUT2D eigenvalue weighted by atomic mass is 10.0. The van der Waals surface area contributed by atoms with Crippen molar-refractivity contribution >= 4 is 32.7 Å². The van der Waals surface area contributed by atoms with Gasteiger partial charge in [0.1, 0.15) is 11.2 Å². The molecule has 2 heterocycles. The molecule has 0 atom stereocenters. The number of hydrogen-bond acceptors (Lipinski definition) is 4. The highest BCUT2D eigenvalue weighted by Crippen LogP contribution is 2.40. The Morgan fingerprint density at radius 1 is 0.362 bits per heavy atom. The Morgan fingerprint density at radius 3 is 1.72 bits per heavy atom. The second-order valence-corrected chi connectivity index (χ2v) is 11.6. The first-order valence-corrected chi connectivity index (χ1v) is 15.7. The Balaban J connectivity index is 1.25. The van der Waals surface area contributed by atoms with E-state index in [4.69, 9.17) is 19.4 Å². The van der Waals surface area contributed by atoms with Crippen LogP contribution in [0.2, 0.25) is 0 Å². The quantitative estimate of drug-likeness (QED) is 0.197. The number of benzene rings is 7. The Kier molecular flexibility index (Phi) is 6.43. The van der Waals surface area contributed by atoms with Crippen LogP contribution in [0.15, 0.2) is 168 Å². The summed E-state index contributed by atoms with van der Waals surface area (Å²) in [7, 11) is 0. The van der Waals surface area contributed by atoms with Gasteiger partial charge in [-0.1, -0.05) is 152 Å². The molecule has 47 heavy (non-hydrogen) atoms. The minimum Gasteiger partial charge on any atom is -0.455 e. The first kappa shape index (κ1) is 27.0. The maximum atomic E-state index is 6.56. The van der Waals surface area contributed by atoms with Crippen LogP contribution in [0.5, 0.6) is 0 Å². The molecule has 0 saturated heterocycles. The monoisotopic (exact) mass is 601 g/mol. The van der Waals surface area contributed by atoms with Gasteiger partial charge in [0.25, 0.3) is 0 Å². The molecule has 9 aromatic rings. The van der Waals surface area contributed by atoms with Gasteiger partial charge in [0, 0.05) is 33.0 Å². The predicted molar refractivity (Wildman–Crippen MR) is 192 cm³/mol. The molecule has 0 aliphatic rings. The molecule has 9 rings (SSSR count). The molecule has 0 fully saturated rings. The van der Waals surface area contributed by atoms with E-state index in [1.807, 2.05) is 24.3 Å². The van der Waals surface area contributed by atoms with Crippen molar-refractivity contribution in [3.63, 3.8) is 0 Å². The van der Waals surface area contributed by atoms with E-state index in [1.165, 1.54) is 10.9 Å². The van der Waals surface area contributed by atoms with Crippen molar-refractivity contribution in [2.75, 3.05) is 0 Å². The van der Waals surface area contributed by atoms with Crippen LogP contribution in [0, 0.1) is 0 Å². The standard InChI is InChI=1S/C43H27N3O/c1-3-11-28(12-4-1)30-21-24-32(25-22-30)41-44-42(34-26-23-29-13-7-8-16-33(29)27-34)46-43(45-41)37-19-10-20-38-39(37)36-18-9-17-35(40(36)47-38)31-14-5-2-6-15-31/h1-27H. The lowest BCUT2D eigenvalue weighted by Gasteiger charge is -2.10. The molecule has 0 unspecified atom stereocenters. The number of hydrogen-bond donors (Lipinski definition) is 0. The largest absolute Gasteiger partial charge is 0.455 e. The highest BCUT2D eigenvalue weighted by atomic mass is 16.3. The van der Waals surface area contributed by atoms with Crippen molar-refractivity contribution in [3.8, 4) is 56.4 Å². The Bertz CT molecular complexity index is 2550. The average Bonchev–Trinajstić information content (AvgIpc) is 3.54. The number of rotatable bonds is 5. The van der Waals surface area contributed by atoms with E-state index in [9.17, 15) is 0 Å². The van der Waals surface area contributed by atoms with Crippen molar-refractivity contribution in [2.24, 2.45) is 0 Å². The topological polar surface area (TPSA) is 51.8 Å². The van der Waals surface area contributed by atoms with Gasteiger partial charge in [0.05, 0.1) is 0 Å². The molecule has 220 valence electrons. The zero-order valence-corrected chi connectivity index (χ0v) is 25.3. The van der Waals surface area contributed by atoms with Crippen molar-refractivity contribution in [1.29, 1.82) is 0 Å². The van der Waals surface area contributed by atoms with Gasteiger partial charge in [-0.25, -0.2) is 15.0 Å². The normalized spacial score (nSPS) is 11.4. The smallest absolute Gasteiger partial charge is 0.164 e. The van der Waals surface area contributed by atoms with Crippen LogP contribution in [0.25, 0.3) is 89.1 Å². The summed E-state index contributed by atoms with van der Waals surface area (Å²) in [6.07, 6.45) is 0. The van der Waals surface area contributed by atoms with E-state index in [0.717, 1.165) is 60.7 Å². The molecule has 0 N–H and O–H groups in total. The highest BCUT2D eigenvalue weighted by Gasteiger charge is 2.19. The van der Waals surface area contributed by atoms with Gasteiger partial charge >= 0.3 is 0 Å². The van der Waals surface area contributed by atoms with Gasteiger partial charge in [-0.3, -0.25) is 0 Å².